The number of rotatable bonds is 7. The molecule has 2 N–H and O–H groups in total. The number of carbonyl (C=O) groups is 3. The summed E-state index contributed by atoms with van der Waals surface area (Å²) in [5.74, 6) is -1.17. The van der Waals surface area contributed by atoms with Gasteiger partial charge in [0, 0.05) is 31.4 Å². The Kier molecular flexibility index (Phi) is 12.6. The molecule has 0 unspecified atom stereocenters. The number of esters is 1. The molecule has 2 fully saturated rings. The number of hydrogen-bond donors (Lipinski definition) is 2. The van der Waals surface area contributed by atoms with Crippen LogP contribution in [0.1, 0.15) is 51.7 Å². The van der Waals surface area contributed by atoms with Gasteiger partial charge in [-0.15, -0.1) is 11.8 Å². The minimum Gasteiger partial charge on any atom is -0.495 e. The van der Waals surface area contributed by atoms with Gasteiger partial charge in [-0.2, -0.15) is 0 Å². The largest absolute Gasteiger partial charge is 0.495 e. The van der Waals surface area contributed by atoms with Crippen molar-refractivity contribution in [2.24, 2.45) is 5.92 Å². The van der Waals surface area contributed by atoms with Crippen LogP contribution in [0.5, 0.6) is 5.75 Å². The lowest BCUT2D eigenvalue weighted by molar-refractivity contribution is -0.150. The third-order valence-electron chi connectivity index (χ3n) is 9.99. The molecule has 7 atom stereocenters. The SMILES string of the molecule is C=C(C)c1ccc(SCC(=O)O[C@H]2CC(=O)N(C)c3cc(cc(OC)c3Cl)C/C(C)=C/C=C/[C@@H](OC)[C@@]3(O)C[C@H](OC(=O)N3)[C@@H](C)[C@@H]3O[C@@]23C)c(Cl)c1. The second-order valence-corrected chi connectivity index (χ2v) is 15.8. The van der Waals surface area contributed by atoms with Crippen molar-refractivity contribution in [3.63, 3.8) is 0 Å². The fraction of sp³-hybridized carbons (Fsp3) is 0.462. The summed E-state index contributed by atoms with van der Waals surface area (Å²) in [5.41, 5.74) is 0.969. The van der Waals surface area contributed by atoms with Gasteiger partial charge in [0.25, 0.3) is 0 Å². The number of nitrogens with one attached hydrogen (secondary N) is 1. The number of fused-ring (bicyclic) bond motifs is 5. The molecule has 2 aromatic rings. The number of amides is 2. The maximum absolute atomic E-state index is 14.1. The monoisotopic (exact) mass is 788 g/mol. The van der Waals surface area contributed by atoms with E-state index in [1.54, 1.807) is 38.3 Å². The number of alkyl carbamates (subject to hydrolysis) is 1. The van der Waals surface area contributed by atoms with Crippen molar-refractivity contribution in [2.45, 2.75) is 87.6 Å². The number of nitrogens with zero attached hydrogens (tertiary/aromatic N) is 1. The van der Waals surface area contributed by atoms with E-state index in [0.717, 1.165) is 22.3 Å². The molecule has 3 heterocycles. The van der Waals surface area contributed by atoms with E-state index < -0.39 is 59.6 Å². The van der Waals surface area contributed by atoms with Gasteiger partial charge in [0.15, 0.2) is 5.72 Å². The molecule has 286 valence electrons. The van der Waals surface area contributed by atoms with Gasteiger partial charge in [-0.3, -0.25) is 14.9 Å². The Morgan fingerprint density at radius 1 is 1.21 bits per heavy atom. The highest BCUT2D eigenvalue weighted by molar-refractivity contribution is 8.00. The molecular weight excluding hydrogens is 743 g/mol. The van der Waals surface area contributed by atoms with Gasteiger partial charge in [0.1, 0.15) is 34.7 Å². The van der Waals surface area contributed by atoms with Crippen molar-refractivity contribution in [1.29, 1.82) is 0 Å². The molecule has 5 rings (SSSR count). The van der Waals surface area contributed by atoms with Gasteiger partial charge in [-0.05, 0) is 62.6 Å². The molecule has 4 bridgehead atoms. The van der Waals surface area contributed by atoms with Gasteiger partial charge < -0.3 is 33.7 Å². The lowest BCUT2D eigenvalue weighted by Crippen LogP contribution is -2.63. The maximum Gasteiger partial charge on any atom is 0.409 e. The number of hydrogen-bond acceptors (Lipinski definition) is 10. The highest BCUT2D eigenvalue weighted by Gasteiger charge is 2.64. The highest BCUT2D eigenvalue weighted by atomic mass is 35.5. The predicted molar refractivity (Wildman–Crippen MR) is 206 cm³/mol. The lowest BCUT2D eigenvalue weighted by Gasteiger charge is -2.42. The van der Waals surface area contributed by atoms with E-state index in [1.807, 2.05) is 45.0 Å². The van der Waals surface area contributed by atoms with Crippen LogP contribution in [0.4, 0.5) is 10.5 Å². The van der Waals surface area contributed by atoms with Crippen LogP contribution in [-0.2, 0) is 35.0 Å². The molecule has 53 heavy (non-hydrogen) atoms. The smallest absolute Gasteiger partial charge is 0.409 e. The van der Waals surface area contributed by atoms with Crippen LogP contribution in [0, 0.1) is 5.92 Å². The van der Waals surface area contributed by atoms with Crippen molar-refractivity contribution < 1.29 is 43.2 Å². The van der Waals surface area contributed by atoms with Crippen LogP contribution in [0.15, 0.2) is 65.6 Å². The number of thioether (sulfide) groups is 1. The number of anilines is 1. The Hall–Kier alpha value is -3.52. The van der Waals surface area contributed by atoms with Crippen molar-refractivity contribution >= 4 is 64.2 Å². The normalized spacial score (nSPS) is 30.6. The van der Waals surface area contributed by atoms with Gasteiger partial charge in [-0.1, -0.05) is 72.1 Å². The molecule has 11 nitrogen and oxygen atoms in total. The number of epoxide rings is 1. The van der Waals surface area contributed by atoms with Gasteiger partial charge in [-0.25, -0.2) is 4.79 Å². The standard InChI is InChI=1S/C39H46Cl2N2O9S/c1-21(2)25-12-13-30(26(40)17-25)53-20-34(45)51-32-18-33(44)43(6)27-15-24(16-28(48-7)35(27)41)14-22(3)10-9-11-31(49-8)39(47)19-29(50-37(46)42-39)23(4)36-38(32,5)52-36/h9-13,15-17,23,29,31-32,36,47H,1,14,18-20H2,2-8H3,(H,42,46)/b11-9+,22-10+/t23-,29+,31-,32+,36+,38+,39+/m1/s1. The highest BCUT2D eigenvalue weighted by Crippen LogP contribution is 2.49. The Bertz CT molecular complexity index is 1840. The van der Waals surface area contributed by atoms with Gasteiger partial charge in [0.2, 0.25) is 5.91 Å². The zero-order valence-corrected chi connectivity index (χ0v) is 33.2. The van der Waals surface area contributed by atoms with E-state index in [2.05, 4.69) is 11.9 Å². The number of ether oxygens (including phenoxy) is 5. The molecule has 2 aromatic carbocycles. The van der Waals surface area contributed by atoms with Crippen LogP contribution in [0.3, 0.4) is 0 Å². The van der Waals surface area contributed by atoms with Crippen LogP contribution in [-0.4, -0.2) is 85.8 Å². The molecule has 14 heteroatoms. The quantitative estimate of drug-likeness (QED) is 0.169. The van der Waals surface area contributed by atoms with E-state index >= 15 is 0 Å². The molecule has 3 aliphatic rings. The second kappa shape index (κ2) is 16.5. The summed E-state index contributed by atoms with van der Waals surface area (Å²) >= 11 is 14.5. The first kappa shape index (κ1) is 40.7. The van der Waals surface area contributed by atoms with E-state index in [1.165, 1.54) is 30.9 Å². The Labute approximate surface area is 324 Å². The zero-order chi connectivity index (χ0) is 38.8. The zero-order valence-electron chi connectivity index (χ0n) is 30.9. The first-order chi connectivity index (χ1) is 25.0. The fourth-order valence-electron chi connectivity index (χ4n) is 6.82. The molecule has 2 saturated heterocycles. The van der Waals surface area contributed by atoms with Crippen molar-refractivity contribution in [2.75, 3.05) is 31.9 Å². The minimum atomic E-state index is -1.81. The molecule has 0 aliphatic carbocycles. The number of halogens is 2. The van der Waals surface area contributed by atoms with Crippen molar-refractivity contribution in [3.8, 4) is 5.75 Å². The van der Waals surface area contributed by atoms with E-state index in [-0.39, 0.29) is 23.6 Å². The summed E-state index contributed by atoms with van der Waals surface area (Å²) in [6.45, 7) is 11.3. The average Bonchev–Trinajstić information content (AvgIpc) is 3.80. The van der Waals surface area contributed by atoms with Crippen LogP contribution in [0.2, 0.25) is 10.0 Å². The minimum absolute atomic E-state index is 0.0286. The van der Waals surface area contributed by atoms with Crippen LogP contribution < -0.4 is 15.0 Å². The maximum atomic E-state index is 14.1. The lowest BCUT2D eigenvalue weighted by atomic mass is 9.83. The van der Waals surface area contributed by atoms with Gasteiger partial charge >= 0.3 is 12.1 Å². The predicted octanol–water partition coefficient (Wildman–Crippen LogP) is 7.15. The number of methoxy groups -OCH3 is 2. The molecule has 2 amide bonds. The summed E-state index contributed by atoms with van der Waals surface area (Å²) in [6, 6.07) is 9.10. The average molecular weight is 790 g/mol. The Balaban J connectivity index is 1.49. The Morgan fingerprint density at radius 2 is 1.94 bits per heavy atom. The summed E-state index contributed by atoms with van der Waals surface area (Å²) in [6.07, 6.45) is 1.25. The summed E-state index contributed by atoms with van der Waals surface area (Å²) in [5, 5.41) is 15.0. The summed E-state index contributed by atoms with van der Waals surface area (Å²) in [4.78, 5) is 42.5. The van der Waals surface area contributed by atoms with Crippen molar-refractivity contribution in [3.05, 3.63) is 81.9 Å². The van der Waals surface area contributed by atoms with E-state index in [0.29, 0.717) is 27.8 Å². The van der Waals surface area contributed by atoms with E-state index in [9.17, 15) is 19.5 Å². The molecular formula is C39H46Cl2N2O9S. The number of aliphatic hydroxyl groups is 1. The Morgan fingerprint density at radius 3 is 2.60 bits per heavy atom. The van der Waals surface area contributed by atoms with E-state index in [4.69, 9.17) is 46.9 Å². The third-order valence-corrected chi connectivity index (χ3v) is 11.8. The summed E-state index contributed by atoms with van der Waals surface area (Å²) < 4.78 is 29.2. The number of carbonyl (C=O) groups excluding carboxylic acids is 3. The number of allylic oxidation sites excluding steroid dienone is 4. The molecule has 0 saturated carbocycles. The fourth-order valence-corrected chi connectivity index (χ4v) is 8.18. The number of benzene rings is 2. The van der Waals surface area contributed by atoms with Crippen LogP contribution in [0.25, 0.3) is 5.57 Å². The van der Waals surface area contributed by atoms with Crippen LogP contribution >= 0.6 is 35.0 Å². The first-order valence-electron chi connectivity index (χ1n) is 17.2. The summed E-state index contributed by atoms with van der Waals surface area (Å²) in [7, 11) is 4.54. The molecule has 0 radical (unpaired) electrons. The molecule has 0 aromatic heterocycles. The second-order valence-electron chi connectivity index (χ2n) is 14.0. The molecule has 3 aliphatic heterocycles. The van der Waals surface area contributed by atoms with Crippen molar-refractivity contribution in [1.82, 2.24) is 5.32 Å². The first-order valence-corrected chi connectivity index (χ1v) is 18.9. The third kappa shape index (κ3) is 9.07. The van der Waals surface area contributed by atoms with Gasteiger partial charge in [0.05, 0.1) is 36.1 Å². The molecule has 0 spiro atoms. The topological polar surface area (TPSA) is 136 Å².